The maximum atomic E-state index is 12.4. The highest BCUT2D eigenvalue weighted by Crippen LogP contribution is 2.54. The topological polar surface area (TPSA) is 73.9 Å². The van der Waals surface area contributed by atoms with Crippen molar-refractivity contribution in [2.45, 2.75) is 39.3 Å². The van der Waals surface area contributed by atoms with Gasteiger partial charge in [0, 0.05) is 16.6 Å². The summed E-state index contributed by atoms with van der Waals surface area (Å²) in [6.07, 6.45) is 0. The molecular formula is C17H21ClNO5P. The van der Waals surface area contributed by atoms with E-state index in [4.69, 9.17) is 25.1 Å². The first-order chi connectivity index (χ1) is 11.6. The third-order valence-electron chi connectivity index (χ3n) is 3.05. The minimum Gasteiger partial charge on any atom is -0.404 e. The van der Waals surface area contributed by atoms with E-state index in [0.717, 1.165) is 5.39 Å². The number of nitrogens with one attached hydrogen (secondary N) is 1. The zero-order chi connectivity index (χ0) is 18.7. The molecule has 2 atom stereocenters. The average Bonchev–Trinajstić information content (AvgIpc) is 2.51. The lowest BCUT2D eigenvalue weighted by atomic mass is 10.1. The monoisotopic (exact) mass is 385 g/mol. The second kappa shape index (κ2) is 7.75. The summed E-state index contributed by atoms with van der Waals surface area (Å²) >= 11 is 5.82. The predicted molar refractivity (Wildman–Crippen MR) is 97.6 cm³/mol. The number of halogens is 1. The Kier molecular flexibility index (Phi) is 6.12. The predicted octanol–water partition coefficient (Wildman–Crippen LogP) is 4.82. The van der Waals surface area contributed by atoms with E-state index in [0.29, 0.717) is 5.39 Å². The van der Waals surface area contributed by atoms with Crippen molar-refractivity contribution in [1.82, 2.24) is 5.48 Å². The summed E-state index contributed by atoms with van der Waals surface area (Å²) in [5, 5.41) is 1.60. The van der Waals surface area contributed by atoms with Gasteiger partial charge in [-0.2, -0.15) is 5.48 Å². The number of rotatable bonds is 6. The Labute approximate surface area is 151 Å². The summed E-state index contributed by atoms with van der Waals surface area (Å²) < 4.78 is 22.5. The molecule has 2 rings (SSSR count). The molecule has 0 amide bonds. The molecule has 0 saturated carbocycles. The van der Waals surface area contributed by atoms with Crippen molar-refractivity contribution in [1.29, 1.82) is 0 Å². The minimum absolute atomic E-state index is 0.274. The van der Waals surface area contributed by atoms with Gasteiger partial charge in [-0.3, -0.25) is 4.84 Å². The molecule has 0 heterocycles. The standard InChI is InChI=1S/C17H21ClNO5P/c1-12(19-24-17(2,3)4)16(20)23-25(18,21)22-15-11-7-9-13-8-5-6-10-14(13)15/h5-12,19H,1-4H3/t12-,25?/m0/s1. The molecule has 0 aliphatic heterocycles. The van der Waals surface area contributed by atoms with Crippen molar-refractivity contribution in [3.05, 3.63) is 42.5 Å². The van der Waals surface area contributed by atoms with Crippen molar-refractivity contribution in [2.24, 2.45) is 0 Å². The van der Waals surface area contributed by atoms with Gasteiger partial charge in [0.15, 0.2) is 0 Å². The lowest BCUT2D eigenvalue weighted by Crippen LogP contribution is -2.40. The second-order valence-corrected chi connectivity index (χ2v) is 8.93. The Morgan fingerprint density at radius 1 is 1.16 bits per heavy atom. The van der Waals surface area contributed by atoms with Crippen LogP contribution in [0.3, 0.4) is 0 Å². The van der Waals surface area contributed by atoms with Gasteiger partial charge in [0.25, 0.3) is 0 Å². The van der Waals surface area contributed by atoms with E-state index in [2.05, 4.69) is 5.48 Å². The number of carbonyl (C=O) groups excluding carboxylic acids is 1. The highest BCUT2D eigenvalue weighted by molar-refractivity contribution is 7.82. The molecule has 25 heavy (non-hydrogen) atoms. The van der Waals surface area contributed by atoms with E-state index >= 15 is 0 Å². The number of benzene rings is 2. The number of hydroxylamine groups is 1. The molecule has 1 unspecified atom stereocenters. The number of hydrogen-bond acceptors (Lipinski definition) is 6. The van der Waals surface area contributed by atoms with E-state index in [1.54, 1.807) is 18.2 Å². The van der Waals surface area contributed by atoms with E-state index in [1.807, 2.05) is 45.0 Å². The Hall–Kier alpha value is -1.59. The highest BCUT2D eigenvalue weighted by Gasteiger charge is 2.31. The van der Waals surface area contributed by atoms with Crippen LogP contribution in [0.2, 0.25) is 0 Å². The highest BCUT2D eigenvalue weighted by atomic mass is 35.7. The number of carbonyl (C=O) groups is 1. The molecule has 0 aromatic heterocycles. The Balaban J connectivity index is 2.06. The Morgan fingerprint density at radius 3 is 2.48 bits per heavy atom. The molecule has 8 heteroatoms. The first kappa shape index (κ1) is 19.7. The second-order valence-electron chi connectivity index (χ2n) is 6.46. The number of fused-ring (bicyclic) bond motifs is 1. The van der Waals surface area contributed by atoms with E-state index < -0.39 is 24.6 Å². The maximum absolute atomic E-state index is 12.4. The average molecular weight is 386 g/mol. The molecule has 0 aliphatic carbocycles. The fourth-order valence-electron chi connectivity index (χ4n) is 1.91. The number of hydrogen-bond donors (Lipinski definition) is 1. The van der Waals surface area contributed by atoms with Gasteiger partial charge >= 0.3 is 12.9 Å². The van der Waals surface area contributed by atoms with Gasteiger partial charge in [-0.1, -0.05) is 36.4 Å². The molecule has 0 fully saturated rings. The van der Waals surface area contributed by atoms with Gasteiger partial charge in [0.05, 0.1) is 5.60 Å². The van der Waals surface area contributed by atoms with Gasteiger partial charge < -0.3 is 9.05 Å². The van der Waals surface area contributed by atoms with Crippen molar-refractivity contribution >= 4 is 34.9 Å². The van der Waals surface area contributed by atoms with Gasteiger partial charge in [-0.25, -0.2) is 9.36 Å². The SMILES string of the molecule is C[C@H](NOC(C)(C)C)C(=O)OP(=O)(Cl)Oc1cccc2ccccc12. The van der Waals surface area contributed by atoms with Crippen LogP contribution in [0.5, 0.6) is 5.75 Å². The molecule has 0 aliphatic rings. The van der Waals surface area contributed by atoms with Crippen LogP contribution < -0.4 is 10.0 Å². The van der Waals surface area contributed by atoms with Gasteiger partial charge in [-0.15, -0.1) is 0 Å². The van der Waals surface area contributed by atoms with Crippen LogP contribution in [0.1, 0.15) is 27.7 Å². The molecule has 0 bridgehead atoms. The van der Waals surface area contributed by atoms with Crippen LogP contribution in [0.25, 0.3) is 10.8 Å². The van der Waals surface area contributed by atoms with Gasteiger partial charge in [0.2, 0.25) is 0 Å². The van der Waals surface area contributed by atoms with Gasteiger partial charge in [-0.05, 0) is 39.1 Å². The summed E-state index contributed by atoms with van der Waals surface area (Å²) in [6, 6.07) is 11.7. The maximum Gasteiger partial charge on any atom is 0.532 e. The van der Waals surface area contributed by atoms with Crippen LogP contribution in [0.15, 0.2) is 42.5 Å². The van der Waals surface area contributed by atoms with Gasteiger partial charge in [0.1, 0.15) is 11.8 Å². The van der Waals surface area contributed by atoms with Crippen molar-refractivity contribution in [2.75, 3.05) is 0 Å². The van der Waals surface area contributed by atoms with E-state index in [1.165, 1.54) is 6.92 Å². The largest absolute Gasteiger partial charge is 0.532 e. The zero-order valence-corrected chi connectivity index (χ0v) is 16.1. The summed E-state index contributed by atoms with van der Waals surface area (Å²) in [6.45, 7) is 2.78. The molecule has 1 N–H and O–H groups in total. The summed E-state index contributed by atoms with van der Waals surface area (Å²) in [5.41, 5.74) is 2.03. The minimum atomic E-state index is -4.17. The molecule has 0 saturated heterocycles. The fourth-order valence-corrected chi connectivity index (χ4v) is 3.14. The normalized spacial score (nSPS) is 15.4. The van der Waals surface area contributed by atoms with Crippen molar-refractivity contribution < 1.29 is 23.2 Å². The fraction of sp³-hybridized carbons (Fsp3) is 0.353. The first-order valence-electron chi connectivity index (χ1n) is 7.71. The first-order valence-corrected chi connectivity index (χ1v) is 10.2. The molecule has 2 aromatic rings. The zero-order valence-electron chi connectivity index (χ0n) is 14.5. The van der Waals surface area contributed by atoms with E-state index in [-0.39, 0.29) is 5.75 Å². The van der Waals surface area contributed by atoms with Crippen LogP contribution in [-0.4, -0.2) is 17.6 Å². The smallest absolute Gasteiger partial charge is 0.404 e. The lowest BCUT2D eigenvalue weighted by Gasteiger charge is -2.22. The van der Waals surface area contributed by atoms with Crippen molar-refractivity contribution in [3.8, 4) is 5.75 Å². The van der Waals surface area contributed by atoms with Crippen LogP contribution in [0, 0.1) is 0 Å². The quantitative estimate of drug-likeness (QED) is 0.567. The summed E-state index contributed by atoms with van der Waals surface area (Å²) in [4.78, 5) is 17.3. The molecule has 0 radical (unpaired) electrons. The van der Waals surface area contributed by atoms with E-state index in [9.17, 15) is 9.36 Å². The molecule has 2 aromatic carbocycles. The van der Waals surface area contributed by atoms with Crippen molar-refractivity contribution in [3.63, 3.8) is 0 Å². The Bertz CT molecular complexity index is 800. The lowest BCUT2D eigenvalue weighted by molar-refractivity contribution is -0.146. The molecule has 0 spiro atoms. The van der Waals surface area contributed by atoms with Crippen LogP contribution in [-0.2, 0) is 18.7 Å². The third-order valence-corrected chi connectivity index (χ3v) is 4.28. The molecular weight excluding hydrogens is 365 g/mol. The van der Waals surface area contributed by atoms with Crippen LogP contribution in [0.4, 0.5) is 0 Å². The summed E-state index contributed by atoms with van der Waals surface area (Å²) in [5.74, 6) is -0.571. The van der Waals surface area contributed by atoms with Crippen LogP contribution >= 0.6 is 18.2 Å². The Morgan fingerprint density at radius 2 is 1.80 bits per heavy atom. The summed E-state index contributed by atoms with van der Waals surface area (Å²) in [7, 11) is 0. The molecule has 6 nitrogen and oxygen atoms in total. The molecule has 136 valence electrons. The third kappa shape index (κ3) is 6.01.